The highest BCUT2D eigenvalue weighted by atomic mass is 79.9. The van der Waals surface area contributed by atoms with E-state index in [4.69, 9.17) is 11.6 Å². The van der Waals surface area contributed by atoms with Gasteiger partial charge in [0.2, 0.25) is 0 Å². The molecular weight excluding hydrogens is 300 g/mol. The van der Waals surface area contributed by atoms with Crippen molar-refractivity contribution < 1.29 is 0 Å². The minimum atomic E-state index is 0.385. The van der Waals surface area contributed by atoms with Crippen LogP contribution < -0.4 is 5.32 Å². The summed E-state index contributed by atoms with van der Waals surface area (Å²) in [4.78, 5) is 2.50. The largest absolute Gasteiger partial charge is 0.315 e. The third-order valence-corrected chi connectivity index (χ3v) is 4.16. The Labute approximate surface area is 116 Å². The van der Waals surface area contributed by atoms with E-state index in [1.54, 1.807) is 0 Å². The van der Waals surface area contributed by atoms with Crippen LogP contribution in [0.1, 0.15) is 24.9 Å². The van der Waals surface area contributed by atoms with Crippen LogP contribution in [0, 0.1) is 0 Å². The Balaban J connectivity index is 2.14. The summed E-state index contributed by atoms with van der Waals surface area (Å²) in [5.41, 5.74) is 1.22. The van der Waals surface area contributed by atoms with Crippen LogP contribution in [0.5, 0.6) is 0 Å². The number of hydrogen-bond donors (Lipinski definition) is 1. The molecule has 2 nitrogen and oxygen atoms in total. The fraction of sp³-hybridized carbons (Fsp3) is 0.538. The molecule has 0 saturated carbocycles. The van der Waals surface area contributed by atoms with Gasteiger partial charge in [-0.1, -0.05) is 33.6 Å². The first-order chi connectivity index (χ1) is 8.18. The molecule has 1 aliphatic rings. The smallest absolute Gasteiger partial charge is 0.0464 e. The zero-order valence-electron chi connectivity index (χ0n) is 10.0. The number of benzene rings is 1. The normalized spacial score (nSPS) is 19.9. The minimum absolute atomic E-state index is 0.385. The molecule has 1 N–H and O–H groups in total. The monoisotopic (exact) mass is 316 g/mol. The van der Waals surface area contributed by atoms with E-state index in [0.29, 0.717) is 6.04 Å². The van der Waals surface area contributed by atoms with Gasteiger partial charge in [0.15, 0.2) is 0 Å². The fourth-order valence-corrected chi connectivity index (χ4v) is 3.12. The zero-order valence-corrected chi connectivity index (χ0v) is 12.4. The van der Waals surface area contributed by atoms with Crippen molar-refractivity contribution in [3.63, 3.8) is 0 Å². The molecule has 0 radical (unpaired) electrons. The van der Waals surface area contributed by atoms with E-state index in [0.717, 1.165) is 35.7 Å². The number of hydrogen-bond acceptors (Lipinski definition) is 2. The molecule has 1 unspecified atom stereocenters. The van der Waals surface area contributed by atoms with Gasteiger partial charge >= 0.3 is 0 Å². The molecule has 0 aromatic heterocycles. The predicted molar refractivity (Wildman–Crippen MR) is 76.6 cm³/mol. The van der Waals surface area contributed by atoms with E-state index in [1.807, 2.05) is 6.07 Å². The van der Waals surface area contributed by atoms with Gasteiger partial charge in [-0.2, -0.15) is 0 Å². The molecule has 1 aromatic carbocycles. The molecule has 1 aliphatic heterocycles. The molecule has 1 atom stereocenters. The van der Waals surface area contributed by atoms with Gasteiger partial charge in [0, 0.05) is 28.6 Å². The highest BCUT2D eigenvalue weighted by Crippen LogP contribution is 2.29. The van der Waals surface area contributed by atoms with Gasteiger partial charge in [0.1, 0.15) is 0 Å². The molecule has 4 heteroatoms. The van der Waals surface area contributed by atoms with E-state index in [-0.39, 0.29) is 0 Å². The lowest BCUT2D eigenvalue weighted by atomic mass is 10.1. The maximum atomic E-state index is 6.31. The summed E-state index contributed by atoms with van der Waals surface area (Å²) in [6.07, 6.45) is 1.21. The molecule has 1 heterocycles. The highest BCUT2D eigenvalue weighted by molar-refractivity contribution is 9.10. The van der Waals surface area contributed by atoms with Crippen LogP contribution in [0.3, 0.4) is 0 Å². The molecule has 1 saturated heterocycles. The van der Waals surface area contributed by atoms with Gasteiger partial charge in [-0.15, -0.1) is 0 Å². The number of halogens is 2. The van der Waals surface area contributed by atoms with Gasteiger partial charge in [-0.25, -0.2) is 0 Å². The lowest BCUT2D eigenvalue weighted by molar-refractivity contribution is 0.225. The second-order valence-corrected chi connectivity index (χ2v) is 5.80. The average Bonchev–Trinajstić information content (AvgIpc) is 2.56. The van der Waals surface area contributed by atoms with Crippen LogP contribution in [0.4, 0.5) is 0 Å². The van der Waals surface area contributed by atoms with Crippen LogP contribution in [-0.2, 0) is 0 Å². The van der Waals surface area contributed by atoms with Crippen LogP contribution in [-0.4, -0.2) is 31.1 Å². The molecule has 1 aromatic rings. The topological polar surface area (TPSA) is 15.3 Å². The molecule has 0 spiro atoms. The first-order valence-corrected chi connectivity index (χ1v) is 7.25. The third-order valence-electron chi connectivity index (χ3n) is 3.33. The lowest BCUT2D eigenvalue weighted by Crippen LogP contribution is -2.30. The van der Waals surface area contributed by atoms with Gasteiger partial charge < -0.3 is 5.32 Å². The van der Waals surface area contributed by atoms with Crippen molar-refractivity contribution in [3.8, 4) is 0 Å². The van der Waals surface area contributed by atoms with E-state index in [9.17, 15) is 0 Å². The molecule has 94 valence electrons. The number of rotatable bonds is 2. The predicted octanol–water partition coefficient (Wildman–Crippen LogP) is 3.46. The van der Waals surface area contributed by atoms with Crippen molar-refractivity contribution in [1.82, 2.24) is 10.2 Å². The van der Waals surface area contributed by atoms with Crippen LogP contribution in [0.2, 0.25) is 5.02 Å². The molecule has 2 rings (SSSR count). The van der Waals surface area contributed by atoms with Gasteiger partial charge in [-0.3, -0.25) is 4.90 Å². The second-order valence-electron chi connectivity index (χ2n) is 4.48. The Hall–Kier alpha value is -0.0900. The Bertz CT molecular complexity index is 376. The van der Waals surface area contributed by atoms with E-state index in [2.05, 4.69) is 45.2 Å². The van der Waals surface area contributed by atoms with Crippen molar-refractivity contribution in [2.45, 2.75) is 19.4 Å². The molecule has 0 aliphatic carbocycles. The summed E-state index contributed by atoms with van der Waals surface area (Å²) < 4.78 is 1.04. The standard InChI is InChI=1S/C13H18BrClN2/c1-10(17-7-2-5-16-6-8-17)12-4-3-11(14)9-13(12)15/h3-4,9-10,16H,2,5-8H2,1H3. The maximum absolute atomic E-state index is 6.31. The number of nitrogens with one attached hydrogen (secondary N) is 1. The first-order valence-electron chi connectivity index (χ1n) is 6.08. The zero-order chi connectivity index (χ0) is 12.3. The minimum Gasteiger partial charge on any atom is -0.315 e. The summed E-state index contributed by atoms with van der Waals surface area (Å²) in [7, 11) is 0. The van der Waals surface area contributed by atoms with Gasteiger partial charge in [0.25, 0.3) is 0 Å². The quantitative estimate of drug-likeness (QED) is 0.898. The van der Waals surface area contributed by atoms with Crippen molar-refractivity contribution in [2.75, 3.05) is 26.2 Å². The summed E-state index contributed by atoms with van der Waals surface area (Å²) in [5, 5.41) is 4.28. The van der Waals surface area contributed by atoms with E-state index >= 15 is 0 Å². The van der Waals surface area contributed by atoms with Crippen LogP contribution in [0.15, 0.2) is 22.7 Å². The Morgan fingerprint density at radius 1 is 1.35 bits per heavy atom. The Morgan fingerprint density at radius 3 is 2.94 bits per heavy atom. The Morgan fingerprint density at radius 2 is 2.18 bits per heavy atom. The summed E-state index contributed by atoms with van der Waals surface area (Å²) in [6, 6.07) is 6.54. The lowest BCUT2D eigenvalue weighted by Gasteiger charge is -2.28. The molecule has 1 fully saturated rings. The molecule has 0 amide bonds. The SMILES string of the molecule is CC(c1ccc(Br)cc1Cl)N1CCCNCC1. The van der Waals surface area contributed by atoms with E-state index in [1.165, 1.54) is 12.0 Å². The molecule has 0 bridgehead atoms. The fourth-order valence-electron chi connectivity index (χ4n) is 2.29. The summed E-state index contributed by atoms with van der Waals surface area (Å²) in [6.45, 7) is 6.66. The van der Waals surface area contributed by atoms with Gasteiger partial charge in [-0.05, 0) is 44.1 Å². The van der Waals surface area contributed by atoms with Crippen LogP contribution in [0.25, 0.3) is 0 Å². The maximum Gasteiger partial charge on any atom is 0.0464 e. The Kier molecular flexibility index (Phi) is 4.86. The van der Waals surface area contributed by atoms with Crippen molar-refractivity contribution in [2.24, 2.45) is 0 Å². The van der Waals surface area contributed by atoms with Crippen molar-refractivity contribution in [3.05, 3.63) is 33.3 Å². The first kappa shape index (κ1) is 13.3. The molecule has 17 heavy (non-hydrogen) atoms. The van der Waals surface area contributed by atoms with E-state index < -0.39 is 0 Å². The van der Waals surface area contributed by atoms with Gasteiger partial charge in [0.05, 0.1) is 0 Å². The average molecular weight is 318 g/mol. The third kappa shape index (κ3) is 3.44. The molecular formula is C13H18BrClN2. The summed E-state index contributed by atoms with van der Waals surface area (Å²) >= 11 is 9.76. The number of nitrogens with zero attached hydrogens (tertiary/aromatic N) is 1. The van der Waals surface area contributed by atoms with Crippen molar-refractivity contribution >= 4 is 27.5 Å². The summed E-state index contributed by atoms with van der Waals surface area (Å²) in [5.74, 6) is 0. The van der Waals surface area contributed by atoms with Crippen molar-refractivity contribution in [1.29, 1.82) is 0 Å². The highest BCUT2D eigenvalue weighted by Gasteiger charge is 2.18. The second kappa shape index (κ2) is 6.19. The van der Waals surface area contributed by atoms with Crippen LogP contribution >= 0.6 is 27.5 Å².